The molecule has 7 heteroatoms. The van der Waals surface area contributed by atoms with Gasteiger partial charge >= 0.3 is 0 Å². The summed E-state index contributed by atoms with van der Waals surface area (Å²) in [4.78, 5) is 13.7. The summed E-state index contributed by atoms with van der Waals surface area (Å²) in [6.07, 6.45) is 3.48. The van der Waals surface area contributed by atoms with E-state index in [1.165, 1.54) is 22.5 Å². The highest BCUT2D eigenvalue weighted by atomic mass is 32.2. The van der Waals surface area contributed by atoms with Gasteiger partial charge in [0.25, 0.3) is 0 Å². The minimum atomic E-state index is -3.70. The van der Waals surface area contributed by atoms with Gasteiger partial charge in [0.1, 0.15) is 5.82 Å². The maximum absolute atomic E-state index is 13.2. The van der Waals surface area contributed by atoms with Crippen LogP contribution in [-0.4, -0.2) is 49.7 Å². The Hall–Kier alpha value is -1.47. The van der Waals surface area contributed by atoms with Crippen molar-refractivity contribution in [3.8, 4) is 0 Å². The largest absolute Gasteiger partial charge is 0.340 e. The zero-order valence-corrected chi connectivity index (χ0v) is 14.2. The molecular formula is C16H23FN2O3S. The van der Waals surface area contributed by atoms with Crippen LogP contribution in [0.5, 0.6) is 0 Å². The fraction of sp³-hybridized carbons (Fsp3) is 0.562. The van der Waals surface area contributed by atoms with Gasteiger partial charge in [0.15, 0.2) is 0 Å². The molecule has 1 aromatic rings. The van der Waals surface area contributed by atoms with E-state index in [4.69, 9.17) is 0 Å². The van der Waals surface area contributed by atoms with Crippen molar-refractivity contribution < 1.29 is 17.6 Å². The van der Waals surface area contributed by atoms with Crippen molar-refractivity contribution in [2.75, 3.05) is 26.2 Å². The number of piperazine rings is 1. The molecule has 0 atom stereocenters. The van der Waals surface area contributed by atoms with Crippen LogP contribution in [0, 0.1) is 5.82 Å². The summed E-state index contributed by atoms with van der Waals surface area (Å²) < 4.78 is 39.5. The molecule has 128 valence electrons. The Balaban J connectivity index is 1.94. The number of carbonyl (C=O) groups is 1. The molecule has 0 bridgehead atoms. The van der Waals surface area contributed by atoms with E-state index in [1.54, 1.807) is 4.90 Å². The first-order valence-electron chi connectivity index (χ1n) is 7.98. The molecule has 1 saturated heterocycles. The van der Waals surface area contributed by atoms with Gasteiger partial charge in [-0.3, -0.25) is 4.79 Å². The van der Waals surface area contributed by atoms with E-state index in [-0.39, 0.29) is 23.9 Å². The standard InChI is InChI=1S/C16H23FN2O3S/c1-2-3-4-8-16(20)18-9-11-19(12-10-18)23(21,22)15-7-5-6-14(17)13-15/h5-7,13H,2-4,8-12H2,1H3. The predicted molar refractivity (Wildman–Crippen MR) is 85.9 cm³/mol. The molecule has 1 fully saturated rings. The Morgan fingerprint density at radius 2 is 1.87 bits per heavy atom. The number of nitrogens with zero attached hydrogens (tertiary/aromatic N) is 2. The first kappa shape index (κ1) is 17.9. The summed E-state index contributed by atoms with van der Waals surface area (Å²) in [5.41, 5.74) is 0. The fourth-order valence-corrected chi connectivity index (χ4v) is 4.09. The minimum Gasteiger partial charge on any atom is -0.340 e. The lowest BCUT2D eigenvalue weighted by Gasteiger charge is -2.34. The average Bonchev–Trinajstić information content (AvgIpc) is 2.55. The normalized spacial score (nSPS) is 16.5. The topological polar surface area (TPSA) is 57.7 Å². The van der Waals surface area contributed by atoms with E-state index < -0.39 is 15.8 Å². The number of hydrogen-bond donors (Lipinski definition) is 0. The predicted octanol–water partition coefficient (Wildman–Crippen LogP) is 2.24. The molecule has 0 aliphatic carbocycles. The first-order chi connectivity index (χ1) is 10.9. The van der Waals surface area contributed by atoms with Crippen LogP contribution in [0.1, 0.15) is 32.6 Å². The smallest absolute Gasteiger partial charge is 0.243 e. The van der Waals surface area contributed by atoms with Gasteiger partial charge < -0.3 is 4.90 Å². The minimum absolute atomic E-state index is 0.0415. The highest BCUT2D eigenvalue weighted by Gasteiger charge is 2.30. The van der Waals surface area contributed by atoms with Crippen LogP contribution in [0.15, 0.2) is 29.2 Å². The van der Waals surface area contributed by atoms with Crippen molar-refractivity contribution in [2.24, 2.45) is 0 Å². The van der Waals surface area contributed by atoms with Gasteiger partial charge in [0.05, 0.1) is 4.90 Å². The van der Waals surface area contributed by atoms with Crippen molar-refractivity contribution in [1.82, 2.24) is 9.21 Å². The molecule has 0 spiro atoms. The Kier molecular flexibility index (Phi) is 6.12. The third kappa shape index (κ3) is 4.51. The molecular weight excluding hydrogens is 319 g/mol. The van der Waals surface area contributed by atoms with E-state index in [0.717, 1.165) is 25.3 Å². The molecule has 1 aromatic carbocycles. The number of rotatable bonds is 6. The number of carbonyl (C=O) groups excluding carboxylic acids is 1. The Bertz CT molecular complexity index is 640. The van der Waals surface area contributed by atoms with E-state index >= 15 is 0 Å². The van der Waals surface area contributed by atoms with E-state index in [0.29, 0.717) is 19.5 Å². The van der Waals surface area contributed by atoms with Crippen molar-refractivity contribution in [1.29, 1.82) is 0 Å². The van der Waals surface area contributed by atoms with Gasteiger partial charge in [-0.15, -0.1) is 0 Å². The van der Waals surface area contributed by atoms with E-state index in [1.807, 2.05) is 0 Å². The molecule has 5 nitrogen and oxygen atoms in total. The Morgan fingerprint density at radius 1 is 1.17 bits per heavy atom. The fourth-order valence-electron chi connectivity index (χ4n) is 2.64. The summed E-state index contributed by atoms with van der Waals surface area (Å²) in [5.74, 6) is -0.489. The third-order valence-corrected chi connectivity index (χ3v) is 5.91. The number of amides is 1. The van der Waals surface area contributed by atoms with Crippen LogP contribution in [0.2, 0.25) is 0 Å². The zero-order valence-electron chi connectivity index (χ0n) is 13.4. The van der Waals surface area contributed by atoms with Crippen LogP contribution in [0.3, 0.4) is 0 Å². The number of unbranched alkanes of at least 4 members (excludes halogenated alkanes) is 2. The first-order valence-corrected chi connectivity index (χ1v) is 9.42. The molecule has 1 aliphatic rings. The van der Waals surface area contributed by atoms with E-state index in [2.05, 4.69) is 6.92 Å². The van der Waals surface area contributed by atoms with Crippen molar-refractivity contribution >= 4 is 15.9 Å². The maximum Gasteiger partial charge on any atom is 0.243 e. The zero-order chi connectivity index (χ0) is 16.9. The summed E-state index contributed by atoms with van der Waals surface area (Å²) in [6.45, 7) is 3.36. The number of sulfonamides is 1. The second kappa shape index (κ2) is 7.88. The van der Waals surface area contributed by atoms with Crippen molar-refractivity contribution in [3.05, 3.63) is 30.1 Å². The quantitative estimate of drug-likeness (QED) is 0.745. The second-order valence-corrected chi connectivity index (χ2v) is 7.64. The highest BCUT2D eigenvalue weighted by molar-refractivity contribution is 7.89. The lowest BCUT2D eigenvalue weighted by Crippen LogP contribution is -2.50. The lowest BCUT2D eigenvalue weighted by atomic mass is 10.2. The molecule has 0 unspecified atom stereocenters. The van der Waals surface area contributed by atoms with Crippen LogP contribution < -0.4 is 0 Å². The van der Waals surface area contributed by atoms with Crippen LogP contribution in [0.25, 0.3) is 0 Å². The number of benzene rings is 1. The van der Waals surface area contributed by atoms with Crippen LogP contribution in [-0.2, 0) is 14.8 Å². The molecule has 0 aromatic heterocycles. The van der Waals surface area contributed by atoms with E-state index in [9.17, 15) is 17.6 Å². The Morgan fingerprint density at radius 3 is 2.48 bits per heavy atom. The van der Waals surface area contributed by atoms with Gasteiger partial charge in [-0.25, -0.2) is 12.8 Å². The van der Waals surface area contributed by atoms with Gasteiger partial charge in [-0.2, -0.15) is 4.31 Å². The molecule has 0 radical (unpaired) electrons. The number of halogens is 1. The summed E-state index contributed by atoms with van der Waals surface area (Å²) in [5, 5.41) is 0. The molecule has 1 amide bonds. The SMILES string of the molecule is CCCCCC(=O)N1CCN(S(=O)(=O)c2cccc(F)c2)CC1. The van der Waals surface area contributed by atoms with Crippen LogP contribution in [0.4, 0.5) is 4.39 Å². The molecule has 23 heavy (non-hydrogen) atoms. The Labute approximate surface area is 137 Å². The van der Waals surface area contributed by atoms with Crippen LogP contribution >= 0.6 is 0 Å². The molecule has 0 N–H and O–H groups in total. The maximum atomic E-state index is 13.2. The third-order valence-electron chi connectivity index (χ3n) is 4.02. The highest BCUT2D eigenvalue weighted by Crippen LogP contribution is 2.19. The molecule has 1 aliphatic heterocycles. The summed E-state index contributed by atoms with van der Waals surface area (Å²) in [6, 6.07) is 5.01. The van der Waals surface area contributed by atoms with Crippen molar-refractivity contribution in [3.63, 3.8) is 0 Å². The molecule has 0 saturated carbocycles. The van der Waals surface area contributed by atoms with Gasteiger partial charge in [-0.1, -0.05) is 25.8 Å². The summed E-state index contributed by atoms with van der Waals surface area (Å²) >= 11 is 0. The number of hydrogen-bond acceptors (Lipinski definition) is 3. The average molecular weight is 342 g/mol. The molecule has 1 heterocycles. The van der Waals surface area contributed by atoms with Gasteiger partial charge in [-0.05, 0) is 24.6 Å². The molecule has 2 rings (SSSR count). The van der Waals surface area contributed by atoms with Gasteiger partial charge in [0, 0.05) is 32.6 Å². The monoisotopic (exact) mass is 342 g/mol. The van der Waals surface area contributed by atoms with Crippen molar-refractivity contribution in [2.45, 2.75) is 37.5 Å². The summed E-state index contributed by atoms with van der Waals surface area (Å²) in [7, 11) is -3.70. The lowest BCUT2D eigenvalue weighted by molar-refractivity contribution is -0.132. The second-order valence-electron chi connectivity index (χ2n) is 5.70. The van der Waals surface area contributed by atoms with Gasteiger partial charge in [0.2, 0.25) is 15.9 Å².